The molecular formula is C15H22O4. The molecule has 106 valence electrons. The Kier molecular flexibility index (Phi) is 4.81. The Hall–Kier alpha value is -1.71. The predicted molar refractivity (Wildman–Crippen MR) is 74.0 cm³/mol. The van der Waals surface area contributed by atoms with E-state index in [0.717, 1.165) is 22.6 Å². The Bertz CT molecular complexity index is 463. The molecule has 0 bridgehead atoms. The van der Waals surface area contributed by atoms with Crippen molar-refractivity contribution in [1.82, 2.24) is 0 Å². The highest BCUT2D eigenvalue weighted by atomic mass is 16.5. The maximum absolute atomic E-state index is 10.9. The first-order valence-corrected chi connectivity index (χ1v) is 6.23. The second-order valence-electron chi connectivity index (χ2n) is 5.50. The molecule has 0 amide bonds. The molecule has 0 aliphatic heterocycles. The fourth-order valence-corrected chi connectivity index (χ4v) is 2.36. The molecule has 0 heterocycles. The zero-order chi connectivity index (χ0) is 14.6. The maximum Gasteiger partial charge on any atom is 0.303 e. The molecule has 0 aliphatic rings. The molecule has 0 fully saturated rings. The Morgan fingerprint density at radius 2 is 1.89 bits per heavy atom. The van der Waals surface area contributed by atoms with Gasteiger partial charge in [-0.3, -0.25) is 4.79 Å². The Balaban J connectivity index is 3.08. The summed E-state index contributed by atoms with van der Waals surface area (Å²) in [6.07, 6.45) is 0.772. The van der Waals surface area contributed by atoms with Crippen molar-refractivity contribution in [2.45, 2.75) is 33.6 Å². The van der Waals surface area contributed by atoms with Crippen molar-refractivity contribution in [3.8, 4) is 11.5 Å². The van der Waals surface area contributed by atoms with Gasteiger partial charge in [-0.05, 0) is 30.4 Å². The summed E-state index contributed by atoms with van der Waals surface area (Å²) in [5.74, 6) is 0.767. The third kappa shape index (κ3) is 3.88. The molecule has 4 heteroatoms. The zero-order valence-corrected chi connectivity index (χ0v) is 12.2. The third-order valence-electron chi connectivity index (χ3n) is 3.16. The molecule has 1 N–H and O–H groups in total. The van der Waals surface area contributed by atoms with E-state index in [4.69, 9.17) is 14.6 Å². The summed E-state index contributed by atoms with van der Waals surface area (Å²) < 4.78 is 10.7. The number of hydrogen-bond donors (Lipinski definition) is 1. The molecule has 0 aromatic heterocycles. The van der Waals surface area contributed by atoms with Crippen molar-refractivity contribution in [3.63, 3.8) is 0 Å². The number of carboxylic acids is 1. The van der Waals surface area contributed by atoms with Crippen LogP contribution in [-0.2, 0) is 11.2 Å². The molecule has 0 saturated carbocycles. The predicted octanol–water partition coefficient (Wildman–Crippen LogP) is 3.06. The van der Waals surface area contributed by atoms with Crippen molar-refractivity contribution < 1.29 is 19.4 Å². The number of carbonyl (C=O) groups is 1. The molecule has 19 heavy (non-hydrogen) atoms. The number of methoxy groups -OCH3 is 2. The lowest BCUT2D eigenvalue weighted by atomic mass is 9.82. The minimum atomic E-state index is -0.783. The van der Waals surface area contributed by atoms with Gasteiger partial charge in [-0.1, -0.05) is 19.9 Å². The number of hydrogen-bond acceptors (Lipinski definition) is 3. The van der Waals surface area contributed by atoms with E-state index in [0.29, 0.717) is 6.42 Å². The smallest absolute Gasteiger partial charge is 0.303 e. The quantitative estimate of drug-likeness (QED) is 0.859. The summed E-state index contributed by atoms with van der Waals surface area (Å²) in [4.78, 5) is 10.9. The van der Waals surface area contributed by atoms with Crippen molar-refractivity contribution in [1.29, 1.82) is 0 Å². The zero-order valence-electron chi connectivity index (χ0n) is 12.2. The van der Waals surface area contributed by atoms with Gasteiger partial charge in [0.1, 0.15) is 11.5 Å². The van der Waals surface area contributed by atoms with E-state index >= 15 is 0 Å². The SMILES string of the molecule is COc1ccc(CC(C)(C)CC(=O)O)c(OC)c1C. The van der Waals surface area contributed by atoms with E-state index in [-0.39, 0.29) is 11.8 Å². The first-order chi connectivity index (χ1) is 8.80. The normalized spacial score (nSPS) is 11.2. The number of benzene rings is 1. The average Bonchev–Trinajstić information content (AvgIpc) is 2.27. The highest BCUT2D eigenvalue weighted by Gasteiger charge is 2.24. The lowest BCUT2D eigenvalue weighted by Crippen LogP contribution is -2.20. The molecule has 1 aromatic rings. The molecule has 1 aromatic carbocycles. The van der Waals surface area contributed by atoms with Crippen LogP contribution in [0.2, 0.25) is 0 Å². The van der Waals surface area contributed by atoms with E-state index < -0.39 is 5.97 Å². The van der Waals surface area contributed by atoms with Crippen LogP contribution >= 0.6 is 0 Å². The lowest BCUT2D eigenvalue weighted by molar-refractivity contribution is -0.139. The Labute approximate surface area is 114 Å². The van der Waals surface area contributed by atoms with Crippen molar-refractivity contribution in [3.05, 3.63) is 23.3 Å². The van der Waals surface area contributed by atoms with Gasteiger partial charge in [0.25, 0.3) is 0 Å². The van der Waals surface area contributed by atoms with E-state index in [1.807, 2.05) is 32.9 Å². The van der Waals surface area contributed by atoms with E-state index in [2.05, 4.69) is 0 Å². The molecule has 0 saturated heterocycles. The van der Waals surface area contributed by atoms with Gasteiger partial charge in [0.2, 0.25) is 0 Å². The van der Waals surface area contributed by atoms with Gasteiger partial charge >= 0.3 is 5.97 Å². The standard InChI is InChI=1S/C15H22O4/c1-10-12(18-4)7-6-11(14(10)19-5)8-15(2,3)9-13(16)17/h6-7H,8-9H2,1-5H3,(H,16,17). The van der Waals surface area contributed by atoms with E-state index in [1.54, 1.807) is 14.2 Å². The molecular weight excluding hydrogens is 244 g/mol. The third-order valence-corrected chi connectivity index (χ3v) is 3.16. The van der Waals surface area contributed by atoms with Crippen LogP contribution in [0.5, 0.6) is 11.5 Å². The summed E-state index contributed by atoms with van der Waals surface area (Å²) in [5.41, 5.74) is 1.63. The number of ether oxygens (including phenoxy) is 2. The molecule has 4 nitrogen and oxygen atoms in total. The van der Waals surface area contributed by atoms with Crippen LogP contribution in [0.3, 0.4) is 0 Å². The van der Waals surface area contributed by atoms with E-state index in [9.17, 15) is 4.79 Å². The largest absolute Gasteiger partial charge is 0.496 e. The number of rotatable bonds is 6. The summed E-state index contributed by atoms with van der Waals surface area (Å²) in [6, 6.07) is 3.83. The van der Waals surface area contributed by atoms with Crippen molar-refractivity contribution in [2.75, 3.05) is 14.2 Å². The fourth-order valence-electron chi connectivity index (χ4n) is 2.36. The van der Waals surface area contributed by atoms with Crippen LogP contribution in [0.4, 0.5) is 0 Å². The molecule has 0 spiro atoms. The molecule has 0 radical (unpaired) electrons. The second kappa shape index (κ2) is 5.95. The first-order valence-electron chi connectivity index (χ1n) is 6.23. The van der Waals surface area contributed by atoms with Crippen molar-refractivity contribution >= 4 is 5.97 Å². The minimum absolute atomic E-state index is 0.126. The minimum Gasteiger partial charge on any atom is -0.496 e. The Morgan fingerprint density at radius 3 is 2.37 bits per heavy atom. The average molecular weight is 266 g/mol. The monoisotopic (exact) mass is 266 g/mol. The Morgan fingerprint density at radius 1 is 1.26 bits per heavy atom. The number of carboxylic acid groups (broad SMARTS) is 1. The highest BCUT2D eigenvalue weighted by molar-refractivity contribution is 5.67. The van der Waals surface area contributed by atoms with Crippen LogP contribution in [0.25, 0.3) is 0 Å². The molecule has 0 unspecified atom stereocenters. The highest BCUT2D eigenvalue weighted by Crippen LogP contribution is 2.36. The molecule has 1 rings (SSSR count). The van der Waals surface area contributed by atoms with Crippen LogP contribution < -0.4 is 9.47 Å². The van der Waals surface area contributed by atoms with Crippen LogP contribution in [-0.4, -0.2) is 25.3 Å². The summed E-state index contributed by atoms with van der Waals surface area (Å²) in [6.45, 7) is 5.83. The van der Waals surface area contributed by atoms with Gasteiger partial charge in [-0.2, -0.15) is 0 Å². The van der Waals surface area contributed by atoms with Gasteiger partial charge in [0.15, 0.2) is 0 Å². The number of aliphatic carboxylic acids is 1. The van der Waals surface area contributed by atoms with E-state index in [1.165, 1.54) is 0 Å². The van der Waals surface area contributed by atoms with Gasteiger partial charge < -0.3 is 14.6 Å². The summed E-state index contributed by atoms with van der Waals surface area (Å²) in [5, 5.41) is 8.94. The van der Waals surface area contributed by atoms with Gasteiger partial charge in [0.05, 0.1) is 20.6 Å². The molecule has 0 aliphatic carbocycles. The second-order valence-corrected chi connectivity index (χ2v) is 5.50. The summed E-state index contributed by atoms with van der Waals surface area (Å²) >= 11 is 0. The van der Waals surface area contributed by atoms with Crippen LogP contribution in [0.1, 0.15) is 31.4 Å². The van der Waals surface area contributed by atoms with Gasteiger partial charge in [-0.15, -0.1) is 0 Å². The maximum atomic E-state index is 10.9. The lowest BCUT2D eigenvalue weighted by Gasteiger charge is -2.24. The topological polar surface area (TPSA) is 55.8 Å². The van der Waals surface area contributed by atoms with Crippen LogP contribution in [0.15, 0.2) is 12.1 Å². The first kappa shape index (κ1) is 15.3. The van der Waals surface area contributed by atoms with Crippen LogP contribution in [0, 0.1) is 12.3 Å². The van der Waals surface area contributed by atoms with Gasteiger partial charge in [0, 0.05) is 5.56 Å². The fraction of sp³-hybridized carbons (Fsp3) is 0.533. The van der Waals surface area contributed by atoms with Crippen molar-refractivity contribution in [2.24, 2.45) is 5.41 Å². The summed E-state index contributed by atoms with van der Waals surface area (Å²) in [7, 11) is 3.24. The van der Waals surface area contributed by atoms with Gasteiger partial charge in [-0.25, -0.2) is 0 Å². The molecule has 0 atom stereocenters.